The number of nitrogens with zero attached hydrogens (tertiary/aromatic N) is 2. The van der Waals surface area contributed by atoms with Crippen LogP contribution in [0.25, 0.3) is 0 Å². The fourth-order valence-corrected chi connectivity index (χ4v) is 3.33. The van der Waals surface area contributed by atoms with Crippen molar-refractivity contribution in [3.63, 3.8) is 0 Å². The lowest BCUT2D eigenvalue weighted by Crippen LogP contribution is -2.37. The normalized spacial score (nSPS) is 21.5. The van der Waals surface area contributed by atoms with Crippen LogP contribution >= 0.6 is 0 Å². The van der Waals surface area contributed by atoms with Gasteiger partial charge in [-0.1, -0.05) is 30.3 Å². The smallest absolute Gasteiger partial charge is 0.221 e. The molecule has 0 saturated carbocycles. The van der Waals surface area contributed by atoms with Crippen molar-refractivity contribution in [1.82, 2.24) is 9.21 Å². The first-order chi connectivity index (χ1) is 10.1. The highest BCUT2D eigenvalue weighted by molar-refractivity contribution is 7.76. The van der Waals surface area contributed by atoms with E-state index in [9.17, 15) is 13.6 Å². The number of carbonyl (C=O) groups is 1. The van der Waals surface area contributed by atoms with Crippen LogP contribution < -0.4 is 0 Å². The Morgan fingerprint density at radius 3 is 2.24 bits per heavy atom. The third-order valence-corrected chi connectivity index (χ3v) is 4.62. The van der Waals surface area contributed by atoms with Gasteiger partial charge in [0.2, 0.25) is 5.91 Å². The number of rotatable bonds is 3. The molecule has 2 heterocycles. The fourth-order valence-electron chi connectivity index (χ4n) is 2.81. The van der Waals surface area contributed by atoms with Gasteiger partial charge in [-0.05, 0) is 16.7 Å². The maximum absolute atomic E-state index is 12.4. The first kappa shape index (κ1) is 14.5. The fraction of sp³-hybridized carbons (Fsp3) is 0.357. The zero-order valence-electron chi connectivity index (χ0n) is 11.4. The molecule has 2 atom stereocenters. The Balaban J connectivity index is 1.64. The van der Waals surface area contributed by atoms with Crippen LogP contribution in [0.3, 0.4) is 0 Å². The molecule has 3 rings (SSSR count). The summed E-state index contributed by atoms with van der Waals surface area (Å²) in [6, 6.07) is 9.26. The van der Waals surface area contributed by atoms with Crippen LogP contribution in [0.5, 0.6) is 0 Å². The molecule has 7 heteroatoms. The Morgan fingerprint density at radius 2 is 1.71 bits per heavy atom. The quantitative estimate of drug-likeness (QED) is 0.453. The predicted octanol–water partition coefficient (Wildman–Crippen LogP) is 0.145. The molecule has 2 radical (unpaired) electrons. The lowest BCUT2D eigenvalue weighted by Gasteiger charge is -2.26. The van der Waals surface area contributed by atoms with Crippen molar-refractivity contribution in [2.24, 2.45) is 0 Å². The van der Waals surface area contributed by atoms with Gasteiger partial charge in [-0.25, -0.2) is 4.31 Å². The third kappa shape index (κ3) is 2.81. The second-order valence-corrected chi connectivity index (χ2v) is 6.26. The maximum atomic E-state index is 12.4. The molecule has 0 bridgehead atoms. The second kappa shape index (κ2) is 5.75. The molecule has 0 aliphatic carbocycles. The number of carbonyl (C=O) groups excluding carboxylic acids is 1. The molecule has 0 fully saturated rings. The van der Waals surface area contributed by atoms with Gasteiger partial charge < -0.3 is 9.45 Å². The third-order valence-electron chi connectivity index (χ3n) is 3.95. The van der Waals surface area contributed by atoms with Crippen molar-refractivity contribution in [3.8, 4) is 0 Å². The van der Waals surface area contributed by atoms with E-state index in [0.717, 1.165) is 16.7 Å². The highest BCUT2D eigenvalue weighted by atomic mass is 32.2. The van der Waals surface area contributed by atoms with E-state index in [1.54, 1.807) is 4.90 Å². The highest BCUT2D eigenvalue weighted by Crippen LogP contribution is 2.28. The van der Waals surface area contributed by atoms with Crippen molar-refractivity contribution < 1.29 is 13.6 Å². The van der Waals surface area contributed by atoms with E-state index in [1.807, 2.05) is 30.3 Å². The van der Waals surface area contributed by atoms with Crippen molar-refractivity contribution in [1.29, 1.82) is 0 Å². The number of amides is 1. The van der Waals surface area contributed by atoms with E-state index in [2.05, 4.69) is 0 Å². The Kier molecular flexibility index (Phi) is 3.97. The summed E-state index contributed by atoms with van der Waals surface area (Å²) in [5.74, 6) is -0.790. The molecule has 2 aliphatic rings. The van der Waals surface area contributed by atoms with Gasteiger partial charge in [0.05, 0.1) is 7.85 Å². The Labute approximate surface area is 127 Å². The topological polar surface area (TPSA) is 63.7 Å². The zero-order valence-corrected chi connectivity index (χ0v) is 12.2. The van der Waals surface area contributed by atoms with Gasteiger partial charge in [0.15, 0.2) is 0 Å². The molecule has 21 heavy (non-hydrogen) atoms. The highest BCUT2D eigenvalue weighted by Gasteiger charge is 2.33. The second-order valence-electron chi connectivity index (χ2n) is 5.30. The Morgan fingerprint density at radius 1 is 1.14 bits per heavy atom. The summed E-state index contributed by atoms with van der Waals surface area (Å²) in [5, 5.41) is 0. The van der Waals surface area contributed by atoms with E-state index < -0.39 is 17.1 Å². The molecular weight excluding hydrogens is 287 g/mol. The van der Waals surface area contributed by atoms with Crippen LogP contribution in [-0.4, -0.2) is 57.9 Å². The summed E-state index contributed by atoms with van der Waals surface area (Å²) in [5.41, 5.74) is 2.83. The summed E-state index contributed by atoms with van der Waals surface area (Å²) in [7, 11) is 6.03. The lowest BCUT2D eigenvalue weighted by atomic mass is 9.80. The molecule has 2 unspecified atom stereocenters. The van der Waals surface area contributed by atoms with Crippen LogP contribution in [0, 0.1) is 0 Å². The number of hydrogen-bond acceptors (Lipinski definition) is 3. The SMILES string of the molecule is [B]C(C(=O)N1CC2=C(C1)CN(S(=O)[O-])C2)c1ccccc1. The van der Waals surface area contributed by atoms with Gasteiger partial charge >= 0.3 is 0 Å². The zero-order chi connectivity index (χ0) is 15.0. The van der Waals surface area contributed by atoms with E-state index in [0.29, 0.717) is 26.2 Å². The monoisotopic (exact) mass is 301 g/mol. The molecule has 1 amide bonds. The van der Waals surface area contributed by atoms with Crippen molar-refractivity contribution in [3.05, 3.63) is 47.0 Å². The summed E-state index contributed by atoms with van der Waals surface area (Å²) >= 11 is -2.20. The van der Waals surface area contributed by atoms with Crippen molar-refractivity contribution in [2.45, 2.75) is 5.82 Å². The first-order valence-electron chi connectivity index (χ1n) is 6.69. The number of hydrogen-bond donors (Lipinski definition) is 0. The molecule has 1 aromatic rings. The van der Waals surface area contributed by atoms with E-state index >= 15 is 0 Å². The van der Waals surface area contributed by atoms with E-state index in [-0.39, 0.29) is 5.91 Å². The molecule has 108 valence electrons. The first-order valence-corrected chi connectivity index (χ1v) is 7.73. The molecule has 0 spiro atoms. The molecule has 5 nitrogen and oxygen atoms in total. The van der Waals surface area contributed by atoms with Crippen LogP contribution in [0.4, 0.5) is 0 Å². The van der Waals surface area contributed by atoms with Gasteiger partial charge in [-0.15, -0.1) is 0 Å². The summed E-state index contributed by atoms with van der Waals surface area (Å²) in [4.78, 5) is 14.1. The summed E-state index contributed by atoms with van der Waals surface area (Å²) in [6.45, 7) is 1.72. The van der Waals surface area contributed by atoms with Crippen molar-refractivity contribution in [2.75, 3.05) is 26.2 Å². The minimum Gasteiger partial charge on any atom is -0.760 e. The minimum absolute atomic E-state index is 0.120. The van der Waals surface area contributed by atoms with Gasteiger partial charge in [-0.2, -0.15) is 0 Å². The molecular formula is C14H14BN2O3S-. The Hall–Kier alpha value is -1.44. The van der Waals surface area contributed by atoms with E-state index in [4.69, 9.17) is 7.85 Å². The molecule has 0 N–H and O–H groups in total. The van der Waals surface area contributed by atoms with Gasteiger partial charge in [0.25, 0.3) is 0 Å². The average molecular weight is 301 g/mol. The standard InChI is InChI=1S/C14H15BN2O3S/c15-13(10-4-2-1-3-5-10)14(18)16-6-11-8-17(21(19)20)9-12(11)7-16/h1-5,13H,6-9H2,(H,19,20)/p-1. The van der Waals surface area contributed by atoms with Crippen LogP contribution in [-0.2, 0) is 16.1 Å². The number of benzene rings is 1. The van der Waals surface area contributed by atoms with E-state index in [1.165, 1.54) is 4.31 Å². The van der Waals surface area contributed by atoms with Gasteiger partial charge in [0, 0.05) is 43.3 Å². The molecule has 2 aliphatic heterocycles. The predicted molar refractivity (Wildman–Crippen MR) is 79.0 cm³/mol. The lowest BCUT2D eigenvalue weighted by molar-refractivity contribution is -0.129. The maximum Gasteiger partial charge on any atom is 0.221 e. The largest absolute Gasteiger partial charge is 0.760 e. The summed E-state index contributed by atoms with van der Waals surface area (Å²) in [6.07, 6.45) is 0. The Bertz CT molecular complexity index is 602. The average Bonchev–Trinajstić information content (AvgIpc) is 3.05. The summed E-state index contributed by atoms with van der Waals surface area (Å²) < 4.78 is 23.2. The molecule has 0 aromatic heterocycles. The molecule has 0 saturated heterocycles. The van der Waals surface area contributed by atoms with Gasteiger partial charge in [0.1, 0.15) is 0 Å². The van der Waals surface area contributed by atoms with Gasteiger partial charge in [-0.3, -0.25) is 9.00 Å². The molecule has 1 aromatic carbocycles. The van der Waals surface area contributed by atoms with Crippen LogP contribution in [0.2, 0.25) is 0 Å². The minimum atomic E-state index is -2.20. The van der Waals surface area contributed by atoms with Crippen LogP contribution in [0.1, 0.15) is 11.4 Å². The van der Waals surface area contributed by atoms with Crippen LogP contribution in [0.15, 0.2) is 41.5 Å². The van der Waals surface area contributed by atoms with Crippen molar-refractivity contribution >= 4 is 25.0 Å².